The molecule has 0 aromatic carbocycles. The lowest BCUT2D eigenvalue weighted by atomic mass is 10.1. The van der Waals surface area contributed by atoms with Crippen molar-refractivity contribution in [3.05, 3.63) is 0 Å². The second-order valence-corrected chi connectivity index (χ2v) is 4.63. The molecule has 5 heteroatoms. The number of alkyl carbamates (subject to hydrolysis) is 1. The van der Waals surface area contributed by atoms with Gasteiger partial charge in [-0.2, -0.15) is 0 Å². The number of rotatable bonds is 2. The first-order valence-corrected chi connectivity index (χ1v) is 6.38. The van der Waals surface area contributed by atoms with E-state index in [2.05, 4.69) is 10.1 Å². The number of likely N-dealkylation sites (tertiary alicyclic amines) is 1. The van der Waals surface area contributed by atoms with Crippen LogP contribution in [0.15, 0.2) is 0 Å². The van der Waals surface area contributed by atoms with E-state index < -0.39 is 6.09 Å². The fourth-order valence-corrected chi connectivity index (χ4v) is 2.24. The predicted octanol–water partition coefficient (Wildman–Crippen LogP) is 0.107. The number of nitrogens with one attached hydrogen (secondary N) is 2. The molecule has 1 atom stereocenters. The van der Waals surface area contributed by atoms with E-state index in [1.807, 2.05) is 6.92 Å². The highest BCUT2D eigenvalue weighted by molar-refractivity contribution is 5.93. The molecule has 1 heterocycles. The molecule has 0 aromatic rings. The number of methoxy groups -OCH3 is 1. The molecule has 2 amide bonds. The molecule has 1 aliphatic heterocycles. The van der Waals surface area contributed by atoms with Gasteiger partial charge >= 0.3 is 6.09 Å². The number of hydrogen-bond acceptors (Lipinski definition) is 3. The fraction of sp³-hybridized carbons (Fsp3) is 0.833. The Morgan fingerprint density at radius 2 is 1.65 bits per heavy atom. The second kappa shape index (κ2) is 7.27. The van der Waals surface area contributed by atoms with Crippen molar-refractivity contribution in [3.63, 3.8) is 0 Å². The third kappa shape index (κ3) is 4.73. The third-order valence-electron chi connectivity index (χ3n) is 3.41. The number of carbonyl (C=O) groups excluding carboxylic acids is 2. The summed E-state index contributed by atoms with van der Waals surface area (Å²) in [5.74, 6) is -0.243. The number of ether oxygens (including phenoxy) is 1. The minimum atomic E-state index is -0.673. The first kappa shape index (κ1) is 14.0. The minimum absolute atomic E-state index is 0.188. The van der Waals surface area contributed by atoms with E-state index in [0.29, 0.717) is 0 Å². The maximum absolute atomic E-state index is 11.8. The van der Waals surface area contributed by atoms with E-state index >= 15 is 0 Å². The maximum Gasteiger partial charge on any atom is 0.413 e. The zero-order valence-electron chi connectivity index (χ0n) is 10.8. The number of quaternary nitrogens is 1. The van der Waals surface area contributed by atoms with Gasteiger partial charge in [0.05, 0.1) is 20.2 Å². The Morgan fingerprint density at radius 1 is 1.12 bits per heavy atom. The molecule has 0 unspecified atom stereocenters. The van der Waals surface area contributed by atoms with Gasteiger partial charge in [-0.15, -0.1) is 0 Å². The molecule has 1 saturated heterocycles. The van der Waals surface area contributed by atoms with Crippen molar-refractivity contribution in [3.8, 4) is 0 Å². The third-order valence-corrected chi connectivity index (χ3v) is 3.41. The van der Waals surface area contributed by atoms with Crippen LogP contribution >= 0.6 is 0 Å². The van der Waals surface area contributed by atoms with Crippen molar-refractivity contribution < 1.29 is 19.2 Å². The topological polar surface area (TPSA) is 59.8 Å². The van der Waals surface area contributed by atoms with E-state index in [1.165, 1.54) is 31.3 Å². The summed E-state index contributed by atoms with van der Waals surface area (Å²) >= 11 is 0. The van der Waals surface area contributed by atoms with Crippen LogP contribution in [0.1, 0.15) is 39.0 Å². The van der Waals surface area contributed by atoms with Crippen LogP contribution in [0, 0.1) is 0 Å². The monoisotopic (exact) mass is 243 g/mol. The van der Waals surface area contributed by atoms with E-state index in [-0.39, 0.29) is 11.9 Å². The first-order valence-electron chi connectivity index (χ1n) is 6.38. The van der Waals surface area contributed by atoms with Crippen LogP contribution in [0.25, 0.3) is 0 Å². The molecule has 5 nitrogen and oxygen atoms in total. The summed E-state index contributed by atoms with van der Waals surface area (Å²) in [7, 11) is 1.26. The summed E-state index contributed by atoms with van der Waals surface area (Å²) in [6.45, 7) is 3.89. The summed E-state index contributed by atoms with van der Waals surface area (Å²) in [4.78, 5) is 24.0. The molecule has 1 fully saturated rings. The van der Waals surface area contributed by atoms with Gasteiger partial charge in [-0.25, -0.2) is 4.79 Å². The molecule has 2 N–H and O–H groups in total. The van der Waals surface area contributed by atoms with Crippen LogP contribution in [0.2, 0.25) is 0 Å². The van der Waals surface area contributed by atoms with E-state index in [0.717, 1.165) is 25.9 Å². The van der Waals surface area contributed by atoms with Gasteiger partial charge in [0.1, 0.15) is 0 Å². The summed E-state index contributed by atoms with van der Waals surface area (Å²) in [6, 6.07) is -0.188. The van der Waals surface area contributed by atoms with Crippen molar-refractivity contribution in [1.29, 1.82) is 0 Å². The van der Waals surface area contributed by atoms with Gasteiger partial charge in [-0.1, -0.05) is 6.42 Å². The molecule has 0 aliphatic carbocycles. The van der Waals surface area contributed by atoms with Gasteiger partial charge in [0.15, 0.2) is 6.04 Å². The zero-order chi connectivity index (χ0) is 12.7. The van der Waals surface area contributed by atoms with Gasteiger partial charge in [0.25, 0.3) is 5.91 Å². The lowest BCUT2D eigenvalue weighted by Gasteiger charge is -2.26. The van der Waals surface area contributed by atoms with Crippen LogP contribution in [-0.4, -0.2) is 38.2 Å². The van der Waals surface area contributed by atoms with Gasteiger partial charge in [-0.3, -0.25) is 10.1 Å². The summed E-state index contributed by atoms with van der Waals surface area (Å²) in [6.07, 6.45) is 5.43. The molecule has 0 saturated carbocycles. The number of hydrogen-bond donors (Lipinski definition) is 2. The Bertz CT molecular complexity index is 260. The predicted molar refractivity (Wildman–Crippen MR) is 63.8 cm³/mol. The van der Waals surface area contributed by atoms with E-state index in [9.17, 15) is 9.59 Å². The molecule has 0 spiro atoms. The fourth-order valence-electron chi connectivity index (χ4n) is 2.24. The Kier molecular flexibility index (Phi) is 5.97. The van der Waals surface area contributed by atoms with Gasteiger partial charge in [0, 0.05) is 0 Å². The molecule has 1 rings (SSSR count). The van der Waals surface area contributed by atoms with E-state index in [4.69, 9.17) is 0 Å². The lowest BCUT2D eigenvalue weighted by Crippen LogP contribution is -3.16. The van der Waals surface area contributed by atoms with Crippen LogP contribution in [-0.2, 0) is 9.53 Å². The van der Waals surface area contributed by atoms with Crippen molar-refractivity contribution >= 4 is 12.0 Å². The summed E-state index contributed by atoms with van der Waals surface area (Å²) in [5.41, 5.74) is 0. The molecule has 0 aromatic heterocycles. The van der Waals surface area contributed by atoms with Crippen molar-refractivity contribution in [1.82, 2.24) is 5.32 Å². The normalized spacial score (nSPS) is 19.9. The smallest absolute Gasteiger partial charge is 0.413 e. The van der Waals surface area contributed by atoms with Crippen LogP contribution in [0.5, 0.6) is 0 Å². The largest absolute Gasteiger partial charge is 0.453 e. The van der Waals surface area contributed by atoms with Gasteiger partial charge in [-0.05, 0) is 32.6 Å². The SMILES string of the molecule is COC(=O)NC(=O)[C@H](C)[NH+]1CCCCCCC1. The molecular weight excluding hydrogens is 220 g/mol. The quantitative estimate of drug-likeness (QED) is 0.723. The summed E-state index contributed by atoms with van der Waals surface area (Å²) < 4.78 is 4.42. The van der Waals surface area contributed by atoms with Crippen molar-refractivity contribution in [2.75, 3.05) is 20.2 Å². The molecule has 17 heavy (non-hydrogen) atoms. The maximum atomic E-state index is 11.8. The molecular formula is C12H23N2O3+. The highest BCUT2D eigenvalue weighted by Gasteiger charge is 2.26. The number of amides is 2. The lowest BCUT2D eigenvalue weighted by molar-refractivity contribution is -0.915. The zero-order valence-corrected chi connectivity index (χ0v) is 10.8. The highest BCUT2D eigenvalue weighted by atomic mass is 16.5. The van der Waals surface area contributed by atoms with Crippen LogP contribution in [0.4, 0.5) is 4.79 Å². The first-order chi connectivity index (χ1) is 8.15. The minimum Gasteiger partial charge on any atom is -0.453 e. The second-order valence-electron chi connectivity index (χ2n) is 4.63. The molecule has 0 radical (unpaired) electrons. The average Bonchev–Trinajstić information content (AvgIpc) is 2.27. The molecule has 98 valence electrons. The van der Waals surface area contributed by atoms with Crippen LogP contribution in [0.3, 0.4) is 0 Å². The Balaban J connectivity index is 2.45. The number of imide groups is 1. The number of carbonyl (C=O) groups is 2. The van der Waals surface area contributed by atoms with Gasteiger partial charge in [0.2, 0.25) is 0 Å². The highest BCUT2D eigenvalue weighted by Crippen LogP contribution is 2.03. The standard InChI is InChI=1S/C12H22N2O3/c1-10(11(15)13-12(16)17-2)14-8-6-4-3-5-7-9-14/h10H,3-9H2,1-2H3,(H,13,15,16)/p+1/t10-/m0/s1. The Hall–Kier alpha value is -1.10. The summed E-state index contributed by atoms with van der Waals surface area (Å²) in [5, 5.41) is 2.24. The molecule has 1 aliphatic rings. The van der Waals surface area contributed by atoms with Crippen molar-refractivity contribution in [2.45, 2.75) is 45.1 Å². The Morgan fingerprint density at radius 3 is 2.18 bits per heavy atom. The molecule has 0 bridgehead atoms. The Labute approximate surface area is 102 Å². The average molecular weight is 243 g/mol. The van der Waals surface area contributed by atoms with E-state index in [1.54, 1.807) is 0 Å². The van der Waals surface area contributed by atoms with Crippen molar-refractivity contribution in [2.24, 2.45) is 0 Å². The van der Waals surface area contributed by atoms with Gasteiger partial charge < -0.3 is 9.64 Å². The van der Waals surface area contributed by atoms with Crippen LogP contribution < -0.4 is 10.2 Å².